The van der Waals surface area contributed by atoms with E-state index in [2.05, 4.69) is 0 Å². The van der Waals surface area contributed by atoms with E-state index >= 15 is 0 Å². The Hall–Kier alpha value is -0.423. The molecule has 0 saturated carbocycles. The average Bonchev–Trinajstić information content (AvgIpc) is 2.13. The highest BCUT2D eigenvalue weighted by molar-refractivity contribution is 6.73. The third-order valence-corrected chi connectivity index (χ3v) is 5.83. The van der Waals surface area contributed by atoms with Crippen molar-refractivity contribution in [3.8, 4) is 0 Å². The molecule has 0 aliphatic carbocycles. The van der Waals surface area contributed by atoms with E-state index in [9.17, 15) is 4.11 Å². The number of aliphatic hydroxyl groups is 1. The van der Waals surface area contributed by atoms with E-state index in [1.165, 1.54) is 0 Å². The lowest BCUT2D eigenvalue weighted by atomic mass is 10.5. The summed E-state index contributed by atoms with van der Waals surface area (Å²) in [6.45, 7) is 5.04. The van der Waals surface area contributed by atoms with Crippen LogP contribution in [-0.4, -0.2) is 31.2 Å². The van der Waals surface area contributed by atoms with Gasteiger partial charge in [0.1, 0.15) is 0 Å². The zero-order valence-corrected chi connectivity index (χ0v) is 10.2. The van der Waals surface area contributed by atoms with Gasteiger partial charge in [-0.25, -0.2) is 0 Å². The van der Waals surface area contributed by atoms with Gasteiger partial charge in [-0.1, -0.05) is 13.8 Å². The van der Waals surface area contributed by atoms with Crippen molar-refractivity contribution in [3.05, 3.63) is 0 Å². The zero-order chi connectivity index (χ0) is 11.6. The average molecular weight is 224 g/mol. The normalized spacial score (nSPS) is 10.4. The fourth-order valence-electron chi connectivity index (χ4n) is 0.999. The molecule has 0 aliphatic rings. The molecule has 0 aliphatic heterocycles. The minimum atomic E-state index is -2.38. The highest BCUT2D eigenvalue weighted by atomic mass is 28.4. The van der Waals surface area contributed by atoms with Crippen molar-refractivity contribution in [1.82, 2.24) is 0 Å². The van der Waals surface area contributed by atoms with Crippen LogP contribution in [0.2, 0.25) is 18.1 Å². The molecule has 86 valence electrons. The largest absolute Gasteiger partial charge is 0.481 e. The zero-order valence-electron chi connectivity index (χ0n) is 9.22. The summed E-state index contributed by atoms with van der Waals surface area (Å²) in [6.07, 6.45) is 0.643. The SMILES string of the molecule is CC(=O)O.CC[Si](F)(CC)CCCO. The Labute approximate surface area is 86.1 Å². The van der Waals surface area contributed by atoms with Gasteiger partial charge in [0, 0.05) is 13.5 Å². The minimum absolute atomic E-state index is 0.138. The molecular weight excluding hydrogens is 203 g/mol. The smallest absolute Gasteiger partial charge is 0.300 e. The van der Waals surface area contributed by atoms with Gasteiger partial charge >= 0.3 is 0 Å². The molecular formula is C9H21FO3Si. The number of halogens is 1. The first-order valence-corrected chi connectivity index (χ1v) is 7.41. The van der Waals surface area contributed by atoms with E-state index in [1.807, 2.05) is 13.8 Å². The van der Waals surface area contributed by atoms with Crippen LogP contribution in [0, 0.1) is 0 Å². The van der Waals surface area contributed by atoms with E-state index in [4.69, 9.17) is 15.0 Å². The lowest BCUT2D eigenvalue weighted by Gasteiger charge is -2.17. The Morgan fingerprint density at radius 3 is 1.93 bits per heavy atom. The highest BCUT2D eigenvalue weighted by Crippen LogP contribution is 2.22. The van der Waals surface area contributed by atoms with Crippen LogP contribution in [0.5, 0.6) is 0 Å². The van der Waals surface area contributed by atoms with Crippen molar-refractivity contribution < 1.29 is 19.1 Å². The molecule has 0 atom stereocenters. The van der Waals surface area contributed by atoms with E-state index in [0.29, 0.717) is 24.6 Å². The van der Waals surface area contributed by atoms with E-state index in [1.54, 1.807) is 0 Å². The maximum Gasteiger partial charge on any atom is 0.300 e. The molecule has 0 fully saturated rings. The molecule has 0 spiro atoms. The monoisotopic (exact) mass is 224 g/mol. The molecule has 0 aromatic rings. The molecule has 0 aromatic heterocycles. The lowest BCUT2D eigenvalue weighted by Crippen LogP contribution is -2.25. The standard InChI is InChI=1S/C7H17FOSi.C2H4O2/c1-3-10(8,4-2)7-5-6-9;1-2(3)4/h9H,3-7H2,1-2H3;1H3,(H,3,4). The van der Waals surface area contributed by atoms with Gasteiger partial charge in [-0.05, 0) is 24.6 Å². The van der Waals surface area contributed by atoms with Crippen LogP contribution in [0.1, 0.15) is 27.2 Å². The molecule has 0 bridgehead atoms. The molecule has 0 heterocycles. The Morgan fingerprint density at radius 2 is 1.71 bits per heavy atom. The van der Waals surface area contributed by atoms with Gasteiger partial charge in [-0.3, -0.25) is 4.79 Å². The second-order valence-electron chi connectivity index (χ2n) is 3.20. The van der Waals surface area contributed by atoms with Gasteiger partial charge in [0.05, 0.1) is 0 Å². The van der Waals surface area contributed by atoms with Crippen LogP contribution in [0.3, 0.4) is 0 Å². The van der Waals surface area contributed by atoms with E-state index < -0.39 is 14.4 Å². The molecule has 0 aromatic carbocycles. The fraction of sp³-hybridized carbons (Fsp3) is 0.889. The molecule has 14 heavy (non-hydrogen) atoms. The predicted octanol–water partition coefficient (Wildman–Crippen LogP) is 2.41. The molecule has 0 radical (unpaired) electrons. The summed E-state index contributed by atoms with van der Waals surface area (Å²) in [4.78, 5) is 9.00. The second-order valence-corrected chi connectivity index (χ2v) is 7.42. The molecule has 2 N–H and O–H groups in total. The van der Waals surface area contributed by atoms with Crippen LogP contribution in [0.15, 0.2) is 0 Å². The topological polar surface area (TPSA) is 57.5 Å². The molecule has 5 heteroatoms. The Kier molecular flexibility index (Phi) is 10.5. The summed E-state index contributed by atoms with van der Waals surface area (Å²) < 4.78 is 13.5. The predicted molar refractivity (Wildman–Crippen MR) is 57.6 cm³/mol. The number of aliphatic carboxylic acids is 1. The summed E-state index contributed by atoms with van der Waals surface area (Å²) in [5.41, 5.74) is 0. The van der Waals surface area contributed by atoms with Gasteiger partial charge in [-0.2, -0.15) is 0 Å². The first-order chi connectivity index (χ1) is 6.41. The molecule has 0 amide bonds. The first kappa shape index (κ1) is 16.0. The Bertz CT molecular complexity index is 145. The van der Waals surface area contributed by atoms with E-state index in [0.717, 1.165) is 6.92 Å². The fourth-order valence-corrected chi connectivity index (χ4v) is 3.00. The van der Waals surface area contributed by atoms with Crippen molar-refractivity contribution in [2.24, 2.45) is 0 Å². The van der Waals surface area contributed by atoms with Crippen molar-refractivity contribution in [2.75, 3.05) is 6.61 Å². The number of hydrogen-bond donors (Lipinski definition) is 2. The summed E-state index contributed by atoms with van der Waals surface area (Å²) in [6, 6.07) is 2.03. The third kappa shape index (κ3) is 11.6. The van der Waals surface area contributed by atoms with Crippen molar-refractivity contribution in [3.63, 3.8) is 0 Å². The van der Waals surface area contributed by atoms with Crippen molar-refractivity contribution in [1.29, 1.82) is 0 Å². The molecule has 0 saturated heterocycles. The maximum atomic E-state index is 13.5. The number of carbonyl (C=O) groups is 1. The van der Waals surface area contributed by atoms with Gasteiger partial charge in [-0.15, -0.1) is 0 Å². The Balaban J connectivity index is 0. The van der Waals surface area contributed by atoms with Gasteiger partial charge in [0.25, 0.3) is 5.97 Å². The maximum absolute atomic E-state index is 13.5. The number of aliphatic hydroxyl groups excluding tert-OH is 1. The van der Waals surface area contributed by atoms with Gasteiger partial charge in [0.15, 0.2) is 0 Å². The number of carboxylic acids is 1. The summed E-state index contributed by atoms with van der Waals surface area (Å²) >= 11 is 0. The quantitative estimate of drug-likeness (QED) is 0.557. The molecule has 3 nitrogen and oxygen atoms in total. The second kappa shape index (κ2) is 9.14. The van der Waals surface area contributed by atoms with Gasteiger partial charge < -0.3 is 14.3 Å². The Morgan fingerprint density at radius 1 is 1.36 bits per heavy atom. The van der Waals surface area contributed by atoms with Crippen molar-refractivity contribution in [2.45, 2.75) is 45.3 Å². The van der Waals surface area contributed by atoms with E-state index in [-0.39, 0.29) is 6.61 Å². The van der Waals surface area contributed by atoms with Gasteiger partial charge in [0.2, 0.25) is 8.41 Å². The number of hydrogen-bond acceptors (Lipinski definition) is 2. The van der Waals surface area contributed by atoms with Crippen LogP contribution in [-0.2, 0) is 4.79 Å². The van der Waals surface area contributed by atoms with Crippen LogP contribution < -0.4 is 0 Å². The molecule has 0 rings (SSSR count). The van der Waals surface area contributed by atoms with Crippen LogP contribution >= 0.6 is 0 Å². The summed E-state index contributed by atoms with van der Waals surface area (Å²) in [5.74, 6) is -0.833. The first-order valence-electron chi connectivity index (χ1n) is 4.91. The summed E-state index contributed by atoms with van der Waals surface area (Å²) in [5, 5.41) is 15.9. The van der Waals surface area contributed by atoms with Crippen LogP contribution in [0.25, 0.3) is 0 Å². The number of rotatable bonds is 5. The molecule has 0 unspecified atom stereocenters. The minimum Gasteiger partial charge on any atom is -0.481 e. The van der Waals surface area contributed by atoms with Crippen LogP contribution in [0.4, 0.5) is 4.11 Å². The van der Waals surface area contributed by atoms with Crippen molar-refractivity contribution >= 4 is 14.4 Å². The third-order valence-electron chi connectivity index (χ3n) is 2.05. The highest BCUT2D eigenvalue weighted by Gasteiger charge is 2.28. The summed E-state index contributed by atoms with van der Waals surface area (Å²) in [7, 11) is -2.38. The number of carboxylic acid groups (broad SMARTS) is 1. The lowest BCUT2D eigenvalue weighted by molar-refractivity contribution is -0.134.